The predicted octanol–water partition coefficient (Wildman–Crippen LogP) is 2.59. The van der Waals surface area contributed by atoms with Crippen LogP contribution in [0.2, 0.25) is 0 Å². The molecule has 0 unspecified atom stereocenters. The Kier molecular flexibility index (Phi) is 3.65. The fourth-order valence-electron chi connectivity index (χ4n) is 2.25. The molecule has 2 rings (SSSR count). The Bertz CT molecular complexity index is 389. The van der Waals surface area contributed by atoms with Gasteiger partial charge in [0.2, 0.25) is 0 Å². The number of aliphatic hydroxyl groups is 1. The van der Waals surface area contributed by atoms with Gasteiger partial charge in [0.05, 0.1) is 5.60 Å². The lowest BCUT2D eigenvalue weighted by atomic mass is 9.92. The second kappa shape index (κ2) is 5.03. The van der Waals surface area contributed by atoms with Gasteiger partial charge >= 0.3 is 0 Å². The number of benzene rings is 1. The van der Waals surface area contributed by atoms with Gasteiger partial charge in [-0.1, -0.05) is 36.4 Å². The third-order valence-electron chi connectivity index (χ3n) is 3.33. The maximum atomic E-state index is 9.93. The second-order valence-corrected chi connectivity index (χ2v) is 5.26. The van der Waals surface area contributed by atoms with Gasteiger partial charge in [0.15, 0.2) is 0 Å². The van der Waals surface area contributed by atoms with Crippen LogP contribution in [0.4, 0.5) is 0 Å². The molecule has 1 heterocycles. The van der Waals surface area contributed by atoms with E-state index in [-0.39, 0.29) is 0 Å². The van der Waals surface area contributed by atoms with Crippen molar-refractivity contribution in [1.82, 2.24) is 4.90 Å². The lowest BCUT2D eigenvalue weighted by Crippen LogP contribution is -2.33. The van der Waals surface area contributed by atoms with E-state index < -0.39 is 5.60 Å². The molecule has 2 heteroatoms. The molecule has 0 fully saturated rings. The van der Waals surface area contributed by atoms with E-state index in [0.29, 0.717) is 0 Å². The van der Waals surface area contributed by atoms with Crippen molar-refractivity contribution in [2.75, 3.05) is 13.1 Å². The van der Waals surface area contributed by atoms with E-state index in [1.165, 1.54) is 11.1 Å². The zero-order valence-corrected chi connectivity index (χ0v) is 10.7. The Hall–Kier alpha value is -1.12. The monoisotopic (exact) mass is 231 g/mol. The molecule has 2 nitrogen and oxygen atoms in total. The topological polar surface area (TPSA) is 23.5 Å². The fourth-order valence-corrected chi connectivity index (χ4v) is 2.25. The Balaban J connectivity index is 1.94. The van der Waals surface area contributed by atoms with Gasteiger partial charge in [-0.15, -0.1) is 0 Å². The van der Waals surface area contributed by atoms with Crippen molar-refractivity contribution in [3.8, 4) is 0 Å². The maximum Gasteiger partial charge on any atom is 0.0801 e. The highest BCUT2D eigenvalue weighted by molar-refractivity contribution is 5.19. The minimum absolute atomic E-state index is 0.654. The summed E-state index contributed by atoms with van der Waals surface area (Å²) in [5.41, 5.74) is 1.87. The molecule has 1 N–H and O–H groups in total. The van der Waals surface area contributed by atoms with Gasteiger partial charge in [-0.05, 0) is 31.4 Å². The molecular formula is C15H21NO. The predicted molar refractivity (Wildman–Crippen MR) is 70.7 cm³/mol. The zero-order chi connectivity index (χ0) is 12.3. The van der Waals surface area contributed by atoms with Gasteiger partial charge in [0.1, 0.15) is 0 Å². The summed E-state index contributed by atoms with van der Waals surface area (Å²) in [5.74, 6) is 0. The average molecular weight is 231 g/mol. The summed E-state index contributed by atoms with van der Waals surface area (Å²) < 4.78 is 0. The minimum atomic E-state index is -0.654. The summed E-state index contributed by atoms with van der Waals surface area (Å²) >= 11 is 0. The molecule has 1 aromatic carbocycles. The molecule has 0 bridgehead atoms. The van der Waals surface area contributed by atoms with Crippen molar-refractivity contribution >= 4 is 0 Å². The molecule has 92 valence electrons. The Morgan fingerprint density at radius 1 is 1.24 bits per heavy atom. The molecule has 0 aliphatic carbocycles. The first kappa shape index (κ1) is 12.3. The van der Waals surface area contributed by atoms with Gasteiger partial charge in [-0.3, -0.25) is 4.90 Å². The summed E-state index contributed by atoms with van der Waals surface area (Å²) in [6, 6.07) is 10.5. The SMILES string of the molecule is CC(C)(O)C1=CCN(Cc2ccccc2)CC1. The van der Waals surface area contributed by atoms with Gasteiger partial charge in [-0.25, -0.2) is 0 Å². The lowest BCUT2D eigenvalue weighted by Gasteiger charge is -2.31. The lowest BCUT2D eigenvalue weighted by molar-refractivity contribution is 0.108. The number of nitrogens with zero attached hydrogens (tertiary/aromatic N) is 1. The van der Waals surface area contributed by atoms with Crippen LogP contribution in [0.25, 0.3) is 0 Å². The first-order valence-corrected chi connectivity index (χ1v) is 6.24. The molecule has 0 saturated carbocycles. The molecule has 0 saturated heterocycles. The van der Waals surface area contributed by atoms with Crippen molar-refractivity contribution in [3.63, 3.8) is 0 Å². The average Bonchev–Trinajstić information content (AvgIpc) is 2.30. The standard InChI is InChI=1S/C15H21NO/c1-15(2,17)14-8-10-16(11-9-14)12-13-6-4-3-5-7-13/h3-8,17H,9-12H2,1-2H3. The van der Waals surface area contributed by atoms with E-state index in [4.69, 9.17) is 0 Å². The van der Waals surface area contributed by atoms with Gasteiger partial charge < -0.3 is 5.11 Å². The van der Waals surface area contributed by atoms with Crippen LogP contribution in [-0.4, -0.2) is 28.7 Å². The third kappa shape index (κ3) is 3.42. The summed E-state index contributed by atoms with van der Waals surface area (Å²) in [6.45, 7) is 6.70. The second-order valence-electron chi connectivity index (χ2n) is 5.26. The molecule has 0 radical (unpaired) electrons. The number of rotatable bonds is 3. The zero-order valence-electron chi connectivity index (χ0n) is 10.7. The molecule has 1 aliphatic heterocycles. The van der Waals surface area contributed by atoms with E-state index in [9.17, 15) is 5.11 Å². The van der Waals surface area contributed by atoms with Gasteiger partial charge in [0.25, 0.3) is 0 Å². The van der Waals surface area contributed by atoms with Crippen LogP contribution in [0.15, 0.2) is 42.0 Å². The quantitative estimate of drug-likeness (QED) is 0.808. The van der Waals surface area contributed by atoms with Crippen LogP contribution >= 0.6 is 0 Å². The normalized spacial score (nSPS) is 17.9. The van der Waals surface area contributed by atoms with E-state index in [1.54, 1.807) is 0 Å². The van der Waals surface area contributed by atoms with Gasteiger partial charge in [-0.2, -0.15) is 0 Å². The van der Waals surface area contributed by atoms with E-state index in [2.05, 4.69) is 35.2 Å². The van der Waals surface area contributed by atoms with Crippen molar-refractivity contribution < 1.29 is 5.11 Å². The Morgan fingerprint density at radius 2 is 1.94 bits per heavy atom. The molecule has 1 aromatic rings. The smallest absolute Gasteiger partial charge is 0.0801 e. The van der Waals surface area contributed by atoms with E-state index >= 15 is 0 Å². The largest absolute Gasteiger partial charge is 0.386 e. The molecule has 0 amide bonds. The molecule has 0 aromatic heterocycles. The Morgan fingerprint density at radius 3 is 2.47 bits per heavy atom. The number of hydrogen-bond donors (Lipinski definition) is 1. The Labute approximate surface area is 104 Å². The molecule has 0 spiro atoms. The van der Waals surface area contributed by atoms with Crippen molar-refractivity contribution in [2.45, 2.75) is 32.4 Å². The first-order valence-electron chi connectivity index (χ1n) is 6.24. The van der Waals surface area contributed by atoms with Crippen LogP contribution in [0.1, 0.15) is 25.8 Å². The van der Waals surface area contributed by atoms with Crippen molar-refractivity contribution in [3.05, 3.63) is 47.5 Å². The van der Waals surface area contributed by atoms with Crippen LogP contribution < -0.4 is 0 Å². The summed E-state index contributed by atoms with van der Waals surface area (Å²) in [7, 11) is 0. The summed E-state index contributed by atoms with van der Waals surface area (Å²) in [6.07, 6.45) is 3.14. The highest BCUT2D eigenvalue weighted by Crippen LogP contribution is 2.23. The van der Waals surface area contributed by atoms with Crippen molar-refractivity contribution in [1.29, 1.82) is 0 Å². The van der Waals surface area contributed by atoms with E-state index in [0.717, 1.165) is 26.1 Å². The van der Waals surface area contributed by atoms with Crippen molar-refractivity contribution in [2.24, 2.45) is 0 Å². The minimum Gasteiger partial charge on any atom is -0.386 e. The molecule has 17 heavy (non-hydrogen) atoms. The van der Waals surface area contributed by atoms with E-state index in [1.807, 2.05) is 19.9 Å². The molecular weight excluding hydrogens is 210 g/mol. The highest BCUT2D eigenvalue weighted by Gasteiger charge is 2.22. The van der Waals surface area contributed by atoms with Crippen LogP contribution in [0, 0.1) is 0 Å². The summed E-state index contributed by atoms with van der Waals surface area (Å²) in [5, 5.41) is 9.93. The van der Waals surface area contributed by atoms with Crippen LogP contribution in [-0.2, 0) is 6.54 Å². The van der Waals surface area contributed by atoms with Crippen LogP contribution in [0.3, 0.4) is 0 Å². The van der Waals surface area contributed by atoms with Gasteiger partial charge in [0, 0.05) is 19.6 Å². The summed E-state index contributed by atoms with van der Waals surface area (Å²) in [4.78, 5) is 2.41. The highest BCUT2D eigenvalue weighted by atomic mass is 16.3. The first-order chi connectivity index (χ1) is 8.05. The van der Waals surface area contributed by atoms with Crippen LogP contribution in [0.5, 0.6) is 0 Å². The fraction of sp³-hybridized carbons (Fsp3) is 0.467. The maximum absolute atomic E-state index is 9.93. The number of hydrogen-bond acceptors (Lipinski definition) is 2. The molecule has 0 atom stereocenters. The molecule has 1 aliphatic rings. The third-order valence-corrected chi connectivity index (χ3v) is 3.33.